The Hall–Kier alpha value is -1.60. The molecule has 0 spiro atoms. The number of likely N-dealkylation sites (tertiary alicyclic amines) is 1. The van der Waals surface area contributed by atoms with Crippen LogP contribution in [-0.4, -0.2) is 29.1 Å². The molecule has 2 rings (SSSR count). The number of rotatable bonds is 3. The molecule has 96 valence electrons. The topological polar surface area (TPSA) is 49.0 Å². The molecule has 0 radical (unpaired) electrons. The van der Waals surface area contributed by atoms with Gasteiger partial charge in [0.25, 0.3) is 5.56 Å². The molecular formula is C14H19N3O. The second-order valence-electron chi connectivity index (χ2n) is 4.95. The maximum absolute atomic E-state index is 11.9. The third kappa shape index (κ3) is 2.80. The van der Waals surface area contributed by atoms with Crippen molar-refractivity contribution in [1.82, 2.24) is 9.47 Å². The van der Waals surface area contributed by atoms with Crippen LogP contribution >= 0.6 is 0 Å². The first-order chi connectivity index (χ1) is 8.72. The molecule has 0 bridgehead atoms. The Labute approximate surface area is 107 Å². The molecule has 0 aliphatic carbocycles. The zero-order chi connectivity index (χ0) is 13.0. The number of aromatic nitrogens is 1. The van der Waals surface area contributed by atoms with Crippen molar-refractivity contribution in [2.24, 2.45) is 0 Å². The molecule has 1 fully saturated rings. The summed E-state index contributed by atoms with van der Waals surface area (Å²) in [6.07, 6.45) is 6.51. The maximum Gasteiger partial charge on any atom is 0.268 e. The highest BCUT2D eigenvalue weighted by atomic mass is 16.1. The largest absolute Gasteiger partial charge is 0.314 e. The monoisotopic (exact) mass is 245 g/mol. The van der Waals surface area contributed by atoms with E-state index in [1.807, 2.05) is 6.07 Å². The van der Waals surface area contributed by atoms with Crippen LogP contribution < -0.4 is 5.56 Å². The van der Waals surface area contributed by atoms with E-state index in [4.69, 9.17) is 5.26 Å². The van der Waals surface area contributed by atoms with Crippen molar-refractivity contribution in [1.29, 1.82) is 5.26 Å². The Kier molecular flexibility index (Phi) is 4.16. The lowest BCUT2D eigenvalue weighted by atomic mass is 10.0. The van der Waals surface area contributed by atoms with Crippen molar-refractivity contribution in [2.75, 3.05) is 13.6 Å². The van der Waals surface area contributed by atoms with Crippen molar-refractivity contribution < 1.29 is 0 Å². The van der Waals surface area contributed by atoms with Gasteiger partial charge in [0.05, 0.1) is 0 Å². The molecule has 0 amide bonds. The van der Waals surface area contributed by atoms with Gasteiger partial charge < -0.3 is 9.47 Å². The van der Waals surface area contributed by atoms with E-state index in [0.29, 0.717) is 12.6 Å². The number of hydrogen-bond acceptors (Lipinski definition) is 3. The third-order valence-electron chi connectivity index (χ3n) is 3.77. The molecule has 0 N–H and O–H groups in total. The average molecular weight is 245 g/mol. The summed E-state index contributed by atoms with van der Waals surface area (Å²) in [6.45, 7) is 1.85. The molecule has 1 unspecified atom stereocenters. The summed E-state index contributed by atoms with van der Waals surface area (Å²) < 4.78 is 1.65. The minimum atomic E-state index is -0.168. The third-order valence-corrected chi connectivity index (χ3v) is 3.77. The van der Waals surface area contributed by atoms with E-state index in [2.05, 4.69) is 11.9 Å². The summed E-state index contributed by atoms with van der Waals surface area (Å²) in [5.41, 5.74) is 0.0629. The van der Waals surface area contributed by atoms with Gasteiger partial charge in [-0.25, -0.2) is 0 Å². The van der Waals surface area contributed by atoms with Crippen LogP contribution in [0.3, 0.4) is 0 Å². The zero-order valence-electron chi connectivity index (χ0n) is 10.8. The molecule has 1 aliphatic heterocycles. The van der Waals surface area contributed by atoms with E-state index in [9.17, 15) is 4.79 Å². The first-order valence-electron chi connectivity index (χ1n) is 6.52. The van der Waals surface area contributed by atoms with Gasteiger partial charge in [0.15, 0.2) is 0 Å². The van der Waals surface area contributed by atoms with Crippen LogP contribution in [0.15, 0.2) is 23.1 Å². The fraction of sp³-hybridized carbons (Fsp3) is 0.571. The zero-order valence-corrected chi connectivity index (χ0v) is 10.8. The Bertz CT molecular complexity index is 500. The normalized spacial score (nSPS) is 20.6. The molecule has 4 nitrogen and oxygen atoms in total. The molecule has 0 aromatic carbocycles. The smallest absolute Gasteiger partial charge is 0.268 e. The molecule has 4 heteroatoms. The van der Waals surface area contributed by atoms with Gasteiger partial charge in [-0.05, 0) is 45.0 Å². The minimum absolute atomic E-state index is 0.168. The summed E-state index contributed by atoms with van der Waals surface area (Å²) in [6, 6.07) is 5.85. The van der Waals surface area contributed by atoms with Crippen molar-refractivity contribution in [3.63, 3.8) is 0 Å². The van der Waals surface area contributed by atoms with Gasteiger partial charge in [0.1, 0.15) is 11.6 Å². The van der Waals surface area contributed by atoms with Crippen LogP contribution in [0, 0.1) is 11.3 Å². The first-order valence-corrected chi connectivity index (χ1v) is 6.52. The maximum atomic E-state index is 11.9. The van der Waals surface area contributed by atoms with E-state index in [-0.39, 0.29) is 11.1 Å². The van der Waals surface area contributed by atoms with Gasteiger partial charge in [0, 0.05) is 18.8 Å². The van der Waals surface area contributed by atoms with Crippen LogP contribution in [0.1, 0.15) is 31.2 Å². The van der Waals surface area contributed by atoms with Gasteiger partial charge in [-0.2, -0.15) is 5.26 Å². The predicted molar refractivity (Wildman–Crippen MR) is 70.3 cm³/mol. The van der Waals surface area contributed by atoms with Gasteiger partial charge in [-0.1, -0.05) is 6.42 Å². The lowest BCUT2D eigenvalue weighted by molar-refractivity contribution is 0.170. The van der Waals surface area contributed by atoms with Crippen LogP contribution in [-0.2, 0) is 6.54 Å². The molecule has 2 heterocycles. The molecule has 1 atom stereocenters. The SMILES string of the molecule is CN1CCCCC1CCn1cccc(C#N)c1=O. The Morgan fingerprint density at radius 1 is 1.50 bits per heavy atom. The number of piperidine rings is 1. The van der Waals surface area contributed by atoms with Gasteiger partial charge in [0.2, 0.25) is 0 Å². The van der Waals surface area contributed by atoms with Crippen LogP contribution in [0.5, 0.6) is 0 Å². The highest BCUT2D eigenvalue weighted by molar-refractivity contribution is 5.24. The highest BCUT2D eigenvalue weighted by Gasteiger charge is 2.18. The van der Waals surface area contributed by atoms with Crippen LogP contribution in [0.2, 0.25) is 0 Å². The summed E-state index contributed by atoms with van der Waals surface area (Å²) in [7, 11) is 2.15. The lowest BCUT2D eigenvalue weighted by Crippen LogP contribution is -2.37. The quantitative estimate of drug-likeness (QED) is 0.812. The Morgan fingerprint density at radius 2 is 2.33 bits per heavy atom. The number of hydrogen-bond donors (Lipinski definition) is 0. The van der Waals surface area contributed by atoms with E-state index < -0.39 is 0 Å². The summed E-state index contributed by atoms with van der Waals surface area (Å²) in [4.78, 5) is 14.3. The average Bonchev–Trinajstić information content (AvgIpc) is 2.39. The van der Waals surface area contributed by atoms with Crippen LogP contribution in [0.4, 0.5) is 0 Å². The summed E-state index contributed by atoms with van der Waals surface area (Å²) >= 11 is 0. The fourth-order valence-electron chi connectivity index (χ4n) is 2.59. The molecule has 1 aromatic heterocycles. The standard InChI is InChI=1S/C14H19N3O/c1-16-8-3-2-6-13(16)7-10-17-9-4-5-12(11-15)14(17)18/h4-5,9,13H,2-3,6-8,10H2,1H3. The highest BCUT2D eigenvalue weighted by Crippen LogP contribution is 2.17. The molecule has 18 heavy (non-hydrogen) atoms. The molecular weight excluding hydrogens is 226 g/mol. The van der Waals surface area contributed by atoms with Crippen molar-refractivity contribution in [3.8, 4) is 6.07 Å². The minimum Gasteiger partial charge on any atom is -0.314 e. The second-order valence-corrected chi connectivity index (χ2v) is 4.95. The van der Waals surface area contributed by atoms with Gasteiger partial charge in [-0.3, -0.25) is 4.79 Å². The van der Waals surface area contributed by atoms with E-state index in [1.54, 1.807) is 22.9 Å². The fourth-order valence-corrected chi connectivity index (χ4v) is 2.59. The number of nitriles is 1. The van der Waals surface area contributed by atoms with E-state index in [0.717, 1.165) is 13.0 Å². The van der Waals surface area contributed by atoms with Gasteiger partial charge in [-0.15, -0.1) is 0 Å². The first kappa shape index (κ1) is 12.8. The Morgan fingerprint density at radius 3 is 3.06 bits per heavy atom. The molecule has 1 saturated heterocycles. The van der Waals surface area contributed by atoms with E-state index >= 15 is 0 Å². The number of aryl methyl sites for hydroxylation is 1. The molecule has 1 aliphatic rings. The van der Waals surface area contributed by atoms with Crippen molar-refractivity contribution in [3.05, 3.63) is 34.2 Å². The lowest BCUT2D eigenvalue weighted by Gasteiger charge is -2.32. The number of nitrogens with zero attached hydrogens (tertiary/aromatic N) is 3. The van der Waals surface area contributed by atoms with Gasteiger partial charge >= 0.3 is 0 Å². The predicted octanol–water partition coefficient (Wildman–Crippen LogP) is 1.59. The number of pyridine rings is 1. The van der Waals surface area contributed by atoms with Crippen molar-refractivity contribution in [2.45, 2.75) is 38.3 Å². The van der Waals surface area contributed by atoms with Crippen LogP contribution in [0.25, 0.3) is 0 Å². The molecule has 1 aromatic rings. The van der Waals surface area contributed by atoms with E-state index in [1.165, 1.54) is 19.3 Å². The summed E-state index contributed by atoms with van der Waals surface area (Å²) in [5.74, 6) is 0. The van der Waals surface area contributed by atoms with Crippen molar-refractivity contribution >= 4 is 0 Å². The summed E-state index contributed by atoms with van der Waals surface area (Å²) in [5, 5.41) is 8.83. The second kappa shape index (κ2) is 5.83. The Balaban J connectivity index is 2.02. The molecule has 0 saturated carbocycles.